The Morgan fingerprint density at radius 3 is 2.38 bits per heavy atom. The summed E-state index contributed by atoms with van der Waals surface area (Å²) in [5.74, 6) is 0.386. The third kappa shape index (κ3) is 2.24. The van der Waals surface area contributed by atoms with Crippen LogP contribution in [0, 0.1) is 5.41 Å². The van der Waals surface area contributed by atoms with Gasteiger partial charge in [0.1, 0.15) is 0 Å². The van der Waals surface area contributed by atoms with E-state index >= 15 is 0 Å². The minimum Gasteiger partial charge on any atom is -0.342 e. The molecule has 0 aromatic heterocycles. The second-order valence-corrected chi connectivity index (χ2v) is 5.66. The van der Waals surface area contributed by atoms with Crippen LogP contribution in [0.4, 0.5) is 0 Å². The molecule has 1 saturated carbocycles. The fraction of sp³-hybridized carbons (Fsp3) is 0.923. The van der Waals surface area contributed by atoms with E-state index in [1.807, 2.05) is 11.9 Å². The maximum atomic E-state index is 12.5. The minimum absolute atomic E-state index is 0.0559. The zero-order valence-electron chi connectivity index (χ0n) is 10.6. The van der Waals surface area contributed by atoms with Gasteiger partial charge >= 0.3 is 0 Å². The zero-order valence-corrected chi connectivity index (χ0v) is 10.6. The summed E-state index contributed by atoms with van der Waals surface area (Å²) in [6.45, 7) is 4.26. The number of carbonyl (C=O) groups is 1. The van der Waals surface area contributed by atoms with Crippen LogP contribution in [0.25, 0.3) is 0 Å². The van der Waals surface area contributed by atoms with Gasteiger partial charge in [0.05, 0.1) is 0 Å². The molecule has 2 fully saturated rings. The summed E-state index contributed by atoms with van der Waals surface area (Å²) >= 11 is 0. The van der Waals surface area contributed by atoms with Gasteiger partial charge in [-0.1, -0.05) is 19.8 Å². The predicted molar refractivity (Wildman–Crippen MR) is 65.2 cm³/mol. The average molecular weight is 224 g/mol. The molecule has 0 atom stereocenters. The summed E-state index contributed by atoms with van der Waals surface area (Å²) in [5.41, 5.74) is -0.0559. The molecule has 2 rings (SSSR count). The van der Waals surface area contributed by atoms with Gasteiger partial charge in [-0.05, 0) is 38.8 Å². The van der Waals surface area contributed by atoms with Gasteiger partial charge in [0.2, 0.25) is 5.91 Å². The summed E-state index contributed by atoms with van der Waals surface area (Å²) in [7, 11) is 2.00. The standard InChI is InChI=1S/C13H24N2O/c1-13(7-3-4-8-13)12(16)15(2)11-5-9-14-10-6-11/h11,14H,3-10H2,1-2H3. The number of piperidine rings is 1. The van der Waals surface area contributed by atoms with Crippen LogP contribution in [0.3, 0.4) is 0 Å². The lowest BCUT2D eigenvalue weighted by atomic mass is 9.86. The maximum Gasteiger partial charge on any atom is 0.228 e. The third-order valence-electron chi connectivity index (χ3n) is 4.40. The van der Waals surface area contributed by atoms with E-state index in [9.17, 15) is 4.79 Å². The van der Waals surface area contributed by atoms with Crippen molar-refractivity contribution in [1.29, 1.82) is 0 Å². The number of amides is 1. The molecule has 0 radical (unpaired) electrons. The second kappa shape index (κ2) is 4.74. The molecule has 3 heteroatoms. The van der Waals surface area contributed by atoms with Crippen LogP contribution in [0.15, 0.2) is 0 Å². The van der Waals surface area contributed by atoms with Crippen molar-refractivity contribution in [2.45, 2.75) is 51.5 Å². The minimum atomic E-state index is -0.0559. The van der Waals surface area contributed by atoms with Crippen molar-refractivity contribution in [2.75, 3.05) is 20.1 Å². The molecule has 1 saturated heterocycles. The Morgan fingerprint density at radius 1 is 1.25 bits per heavy atom. The number of nitrogens with zero attached hydrogens (tertiary/aromatic N) is 1. The molecule has 0 aromatic carbocycles. The molecule has 1 aliphatic carbocycles. The Kier molecular flexibility index (Phi) is 3.53. The molecule has 0 unspecified atom stereocenters. The molecule has 92 valence electrons. The van der Waals surface area contributed by atoms with Gasteiger partial charge in [-0.3, -0.25) is 4.79 Å². The highest BCUT2D eigenvalue weighted by Crippen LogP contribution is 2.39. The maximum absolute atomic E-state index is 12.5. The summed E-state index contributed by atoms with van der Waals surface area (Å²) in [6, 6.07) is 0.464. The van der Waals surface area contributed by atoms with E-state index in [0.29, 0.717) is 11.9 Å². The lowest BCUT2D eigenvalue weighted by Gasteiger charge is -2.36. The fourth-order valence-corrected chi connectivity index (χ4v) is 3.15. The van der Waals surface area contributed by atoms with E-state index in [-0.39, 0.29) is 5.41 Å². The summed E-state index contributed by atoms with van der Waals surface area (Å²) in [5, 5.41) is 3.35. The summed E-state index contributed by atoms with van der Waals surface area (Å²) in [4.78, 5) is 14.5. The Hall–Kier alpha value is -0.570. The molecule has 1 amide bonds. The molecule has 1 N–H and O–H groups in total. The van der Waals surface area contributed by atoms with E-state index in [0.717, 1.165) is 38.8 Å². The largest absolute Gasteiger partial charge is 0.342 e. The van der Waals surface area contributed by atoms with Crippen LogP contribution < -0.4 is 5.32 Å². The van der Waals surface area contributed by atoms with E-state index in [1.165, 1.54) is 12.8 Å². The Bertz CT molecular complexity index is 253. The predicted octanol–water partition coefficient (Wildman–Crippen LogP) is 1.78. The molecule has 16 heavy (non-hydrogen) atoms. The first-order chi connectivity index (χ1) is 7.63. The van der Waals surface area contributed by atoms with Gasteiger partial charge in [-0.2, -0.15) is 0 Å². The number of carbonyl (C=O) groups excluding carboxylic acids is 1. The second-order valence-electron chi connectivity index (χ2n) is 5.66. The molecular weight excluding hydrogens is 200 g/mol. The molecule has 1 heterocycles. The molecular formula is C13H24N2O. The third-order valence-corrected chi connectivity index (χ3v) is 4.40. The van der Waals surface area contributed by atoms with Crippen LogP contribution in [-0.2, 0) is 4.79 Å². The van der Waals surface area contributed by atoms with Gasteiger partial charge in [-0.25, -0.2) is 0 Å². The van der Waals surface area contributed by atoms with Crippen molar-refractivity contribution >= 4 is 5.91 Å². The number of rotatable bonds is 2. The topological polar surface area (TPSA) is 32.3 Å². The Morgan fingerprint density at radius 2 is 1.81 bits per heavy atom. The zero-order chi connectivity index (χ0) is 11.6. The van der Waals surface area contributed by atoms with Crippen molar-refractivity contribution in [3.05, 3.63) is 0 Å². The molecule has 1 aliphatic heterocycles. The summed E-state index contributed by atoms with van der Waals surface area (Å²) in [6.07, 6.45) is 6.84. The van der Waals surface area contributed by atoms with Crippen LogP contribution in [0.2, 0.25) is 0 Å². The lowest BCUT2D eigenvalue weighted by molar-refractivity contribution is -0.142. The van der Waals surface area contributed by atoms with Crippen LogP contribution in [0.5, 0.6) is 0 Å². The number of hydrogen-bond donors (Lipinski definition) is 1. The first kappa shape index (κ1) is 11.9. The smallest absolute Gasteiger partial charge is 0.228 e. The SMILES string of the molecule is CN(C(=O)C1(C)CCCC1)C1CCNCC1. The molecule has 2 aliphatic rings. The van der Waals surface area contributed by atoms with Crippen LogP contribution in [-0.4, -0.2) is 37.0 Å². The first-order valence-electron chi connectivity index (χ1n) is 6.61. The highest BCUT2D eigenvalue weighted by molar-refractivity contribution is 5.82. The molecule has 3 nitrogen and oxygen atoms in total. The Labute approximate surface area is 98.6 Å². The van der Waals surface area contributed by atoms with Gasteiger partial charge in [0.25, 0.3) is 0 Å². The average Bonchev–Trinajstić information content (AvgIpc) is 2.77. The molecule has 0 aromatic rings. The Balaban J connectivity index is 1.97. The number of nitrogens with one attached hydrogen (secondary N) is 1. The van der Waals surface area contributed by atoms with Gasteiger partial charge in [0, 0.05) is 18.5 Å². The first-order valence-corrected chi connectivity index (χ1v) is 6.61. The quantitative estimate of drug-likeness (QED) is 0.775. The molecule has 0 spiro atoms. The lowest BCUT2D eigenvalue weighted by Crippen LogP contribution is -2.48. The van der Waals surface area contributed by atoms with Crippen molar-refractivity contribution < 1.29 is 4.79 Å². The van der Waals surface area contributed by atoms with E-state index in [2.05, 4.69) is 12.2 Å². The van der Waals surface area contributed by atoms with Gasteiger partial charge < -0.3 is 10.2 Å². The van der Waals surface area contributed by atoms with E-state index in [1.54, 1.807) is 0 Å². The molecule has 0 bridgehead atoms. The number of hydrogen-bond acceptors (Lipinski definition) is 2. The van der Waals surface area contributed by atoms with Crippen LogP contribution in [0.1, 0.15) is 45.4 Å². The van der Waals surface area contributed by atoms with E-state index in [4.69, 9.17) is 0 Å². The highest BCUT2D eigenvalue weighted by atomic mass is 16.2. The van der Waals surface area contributed by atoms with Gasteiger partial charge in [0.15, 0.2) is 0 Å². The van der Waals surface area contributed by atoms with Crippen molar-refractivity contribution in [3.8, 4) is 0 Å². The summed E-state index contributed by atoms with van der Waals surface area (Å²) < 4.78 is 0. The fourth-order valence-electron chi connectivity index (χ4n) is 3.15. The monoisotopic (exact) mass is 224 g/mol. The van der Waals surface area contributed by atoms with Crippen molar-refractivity contribution in [1.82, 2.24) is 10.2 Å². The highest BCUT2D eigenvalue weighted by Gasteiger charge is 2.39. The van der Waals surface area contributed by atoms with Gasteiger partial charge in [-0.15, -0.1) is 0 Å². The van der Waals surface area contributed by atoms with Crippen molar-refractivity contribution in [3.63, 3.8) is 0 Å². The normalized spacial score (nSPS) is 25.6. The van der Waals surface area contributed by atoms with E-state index < -0.39 is 0 Å². The van der Waals surface area contributed by atoms with Crippen molar-refractivity contribution in [2.24, 2.45) is 5.41 Å². The van der Waals surface area contributed by atoms with Crippen LogP contribution >= 0.6 is 0 Å².